The van der Waals surface area contributed by atoms with Crippen molar-refractivity contribution in [3.05, 3.63) is 29.8 Å². The topological polar surface area (TPSA) is 130 Å². The Hall–Kier alpha value is -2.13. The molecule has 3 N–H and O–H groups in total. The van der Waals surface area contributed by atoms with Gasteiger partial charge in [0.1, 0.15) is 17.5 Å². The highest BCUT2D eigenvalue weighted by atomic mass is 32.2. The normalized spacial score (nSPS) is 12.5. The molecule has 1 atom stereocenters. The number of rotatable bonds is 6. The number of benzene rings is 1. The van der Waals surface area contributed by atoms with E-state index in [1.54, 1.807) is 0 Å². The molecule has 20 heavy (non-hydrogen) atoms. The van der Waals surface area contributed by atoms with Crippen molar-refractivity contribution in [1.82, 2.24) is 5.32 Å². The van der Waals surface area contributed by atoms with E-state index in [0.717, 1.165) is 0 Å². The van der Waals surface area contributed by atoms with Gasteiger partial charge in [-0.3, -0.25) is 9.35 Å². The van der Waals surface area contributed by atoms with Crippen LogP contribution in [0.1, 0.15) is 10.4 Å². The van der Waals surface area contributed by atoms with Crippen LogP contribution < -0.4 is 10.1 Å². The predicted molar refractivity (Wildman–Crippen MR) is 68.3 cm³/mol. The summed E-state index contributed by atoms with van der Waals surface area (Å²) in [5, 5.41) is 10.8. The third kappa shape index (κ3) is 4.86. The molecule has 110 valence electrons. The van der Waals surface area contributed by atoms with Gasteiger partial charge in [-0.25, -0.2) is 4.79 Å². The molecule has 1 aromatic carbocycles. The lowest BCUT2D eigenvalue weighted by molar-refractivity contribution is -0.138. The molecule has 1 aromatic rings. The summed E-state index contributed by atoms with van der Waals surface area (Å²) in [5.74, 6) is -2.94. The smallest absolute Gasteiger partial charge is 0.327 e. The maximum atomic E-state index is 11.8. The van der Waals surface area contributed by atoms with Crippen LogP contribution in [0.25, 0.3) is 0 Å². The molecule has 0 aliphatic heterocycles. The van der Waals surface area contributed by atoms with Gasteiger partial charge >= 0.3 is 5.97 Å². The van der Waals surface area contributed by atoms with E-state index in [4.69, 9.17) is 14.4 Å². The van der Waals surface area contributed by atoms with E-state index < -0.39 is 33.8 Å². The number of carboxylic acid groups (broad SMARTS) is 1. The number of amides is 1. The molecule has 0 aliphatic rings. The van der Waals surface area contributed by atoms with Crippen molar-refractivity contribution < 1.29 is 32.4 Å². The zero-order chi connectivity index (χ0) is 15.3. The number of methoxy groups -OCH3 is 1. The largest absolute Gasteiger partial charge is 0.497 e. The summed E-state index contributed by atoms with van der Waals surface area (Å²) in [6.45, 7) is 0. The molecular weight excluding hydrogens is 290 g/mol. The highest BCUT2D eigenvalue weighted by molar-refractivity contribution is 7.85. The average molecular weight is 303 g/mol. The molecule has 0 aliphatic carbocycles. The monoisotopic (exact) mass is 303 g/mol. The summed E-state index contributed by atoms with van der Waals surface area (Å²) >= 11 is 0. The van der Waals surface area contributed by atoms with Crippen LogP contribution in [0.3, 0.4) is 0 Å². The minimum Gasteiger partial charge on any atom is -0.497 e. The summed E-state index contributed by atoms with van der Waals surface area (Å²) in [5.41, 5.74) is 0.132. The van der Waals surface area contributed by atoms with Gasteiger partial charge in [0.05, 0.1) is 7.11 Å². The third-order valence-electron chi connectivity index (χ3n) is 2.33. The SMILES string of the molecule is COc1ccc(C(=O)NC(CS(=O)(=O)O)C(=O)O)cc1. The van der Waals surface area contributed by atoms with Gasteiger partial charge in [0.25, 0.3) is 16.0 Å². The molecule has 0 bridgehead atoms. The molecule has 1 rings (SSSR count). The van der Waals surface area contributed by atoms with Crippen LogP contribution in [0.2, 0.25) is 0 Å². The number of nitrogens with one attached hydrogen (secondary N) is 1. The van der Waals surface area contributed by atoms with Crippen LogP contribution in [0.4, 0.5) is 0 Å². The minimum atomic E-state index is -4.52. The first kappa shape index (κ1) is 15.9. The Morgan fingerprint density at radius 3 is 2.25 bits per heavy atom. The van der Waals surface area contributed by atoms with Crippen molar-refractivity contribution in [2.45, 2.75) is 6.04 Å². The number of aliphatic carboxylic acids is 1. The molecule has 0 heterocycles. The molecular formula is C11H13NO7S. The number of carbonyl (C=O) groups excluding carboxylic acids is 1. The van der Waals surface area contributed by atoms with Crippen LogP contribution in [0, 0.1) is 0 Å². The fourth-order valence-electron chi connectivity index (χ4n) is 1.37. The Labute approximate surface area is 115 Å². The molecule has 1 amide bonds. The Morgan fingerprint density at radius 2 is 1.85 bits per heavy atom. The summed E-state index contributed by atoms with van der Waals surface area (Å²) in [7, 11) is -3.08. The van der Waals surface area contributed by atoms with Gasteiger partial charge in [0, 0.05) is 5.56 Å². The van der Waals surface area contributed by atoms with E-state index in [1.807, 2.05) is 5.32 Å². The van der Waals surface area contributed by atoms with Crippen molar-refractivity contribution >= 4 is 22.0 Å². The van der Waals surface area contributed by atoms with Crippen molar-refractivity contribution in [1.29, 1.82) is 0 Å². The predicted octanol–water partition coefficient (Wildman–Crippen LogP) is -0.234. The Morgan fingerprint density at radius 1 is 1.30 bits per heavy atom. The Balaban J connectivity index is 2.82. The number of ether oxygens (including phenoxy) is 1. The molecule has 8 nitrogen and oxygen atoms in total. The number of carboxylic acids is 1. The highest BCUT2D eigenvalue weighted by Gasteiger charge is 2.26. The van der Waals surface area contributed by atoms with Gasteiger partial charge in [-0.15, -0.1) is 0 Å². The van der Waals surface area contributed by atoms with Crippen molar-refractivity contribution in [3.63, 3.8) is 0 Å². The van der Waals surface area contributed by atoms with Gasteiger partial charge < -0.3 is 15.2 Å². The lowest BCUT2D eigenvalue weighted by atomic mass is 10.2. The van der Waals surface area contributed by atoms with E-state index in [1.165, 1.54) is 31.4 Å². The Bertz CT molecular complexity index is 594. The number of hydrogen-bond acceptors (Lipinski definition) is 5. The van der Waals surface area contributed by atoms with Crippen LogP contribution in [-0.2, 0) is 14.9 Å². The summed E-state index contributed by atoms with van der Waals surface area (Å²) in [6.07, 6.45) is 0. The summed E-state index contributed by atoms with van der Waals surface area (Å²) in [4.78, 5) is 22.6. The second kappa shape index (κ2) is 6.35. The number of carbonyl (C=O) groups is 2. The zero-order valence-corrected chi connectivity index (χ0v) is 11.3. The van der Waals surface area contributed by atoms with Crippen molar-refractivity contribution in [2.24, 2.45) is 0 Å². The molecule has 0 radical (unpaired) electrons. The third-order valence-corrected chi connectivity index (χ3v) is 3.09. The highest BCUT2D eigenvalue weighted by Crippen LogP contribution is 2.11. The quantitative estimate of drug-likeness (QED) is 0.618. The lowest BCUT2D eigenvalue weighted by Gasteiger charge is -2.13. The molecule has 0 spiro atoms. The summed E-state index contributed by atoms with van der Waals surface area (Å²) < 4.78 is 34.9. The molecule has 9 heteroatoms. The van der Waals surface area contributed by atoms with Gasteiger partial charge in [-0.05, 0) is 24.3 Å². The van der Waals surface area contributed by atoms with E-state index >= 15 is 0 Å². The summed E-state index contributed by atoms with van der Waals surface area (Å²) in [6, 6.07) is 4.03. The number of hydrogen-bond donors (Lipinski definition) is 3. The first-order valence-electron chi connectivity index (χ1n) is 5.36. The van der Waals surface area contributed by atoms with Crippen LogP contribution >= 0.6 is 0 Å². The fraction of sp³-hybridized carbons (Fsp3) is 0.273. The zero-order valence-electron chi connectivity index (χ0n) is 10.4. The fourth-order valence-corrected chi connectivity index (χ4v) is 2.02. The van der Waals surface area contributed by atoms with Gasteiger partial charge in [0.15, 0.2) is 0 Å². The maximum absolute atomic E-state index is 11.8. The second-order valence-electron chi connectivity index (χ2n) is 3.84. The van der Waals surface area contributed by atoms with E-state index in [-0.39, 0.29) is 5.56 Å². The molecule has 0 fully saturated rings. The minimum absolute atomic E-state index is 0.132. The van der Waals surface area contributed by atoms with Gasteiger partial charge in [0.2, 0.25) is 0 Å². The van der Waals surface area contributed by atoms with Crippen LogP contribution in [0.5, 0.6) is 5.75 Å². The van der Waals surface area contributed by atoms with Gasteiger partial charge in [-0.2, -0.15) is 8.42 Å². The van der Waals surface area contributed by atoms with E-state index in [0.29, 0.717) is 5.75 Å². The molecule has 0 aromatic heterocycles. The van der Waals surface area contributed by atoms with Gasteiger partial charge in [-0.1, -0.05) is 0 Å². The van der Waals surface area contributed by atoms with E-state index in [2.05, 4.69) is 0 Å². The van der Waals surface area contributed by atoms with Crippen LogP contribution in [0.15, 0.2) is 24.3 Å². The molecule has 0 saturated carbocycles. The first-order valence-corrected chi connectivity index (χ1v) is 6.96. The van der Waals surface area contributed by atoms with Crippen molar-refractivity contribution in [2.75, 3.05) is 12.9 Å². The standard InChI is InChI=1S/C11H13NO7S/c1-19-8-4-2-7(3-5-8)10(13)12-9(11(14)15)6-20(16,17)18/h2-5,9H,6H2,1H3,(H,12,13)(H,14,15)(H,16,17,18). The van der Waals surface area contributed by atoms with Crippen LogP contribution in [-0.4, -0.2) is 48.9 Å². The molecule has 0 saturated heterocycles. The maximum Gasteiger partial charge on any atom is 0.327 e. The average Bonchev–Trinajstić information content (AvgIpc) is 2.36. The van der Waals surface area contributed by atoms with Crippen molar-refractivity contribution in [3.8, 4) is 5.75 Å². The van der Waals surface area contributed by atoms with E-state index in [9.17, 15) is 18.0 Å². The Kier molecular flexibility index (Phi) is 5.06. The first-order chi connectivity index (χ1) is 9.23. The lowest BCUT2D eigenvalue weighted by Crippen LogP contribution is -2.45. The second-order valence-corrected chi connectivity index (χ2v) is 5.34. The molecule has 1 unspecified atom stereocenters.